The maximum absolute atomic E-state index is 12.4. The maximum atomic E-state index is 12.4. The van der Waals surface area contributed by atoms with E-state index in [1.807, 2.05) is 30.3 Å². The third-order valence-electron chi connectivity index (χ3n) is 4.62. The van der Waals surface area contributed by atoms with Gasteiger partial charge in [-0.2, -0.15) is 5.10 Å². The van der Waals surface area contributed by atoms with Crippen LogP contribution in [0.4, 0.5) is 0 Å². The summed E-state index contributed by atoms with van der Waals surface area (Å²) in [6.45, 7) is 1.24. The van der Waals surface area contributed by atoms with Gasteiger partial charge in [0.1, 0.15) is 12.7 Å². The second kappa shape index (κ2) is 6.89. The zero-order chi connectivity index (χ0) is 17.1. The molecule has 1 amide bonds. The first-order valence-corrected chi connectivity index (χ1v) is 8.52. The smallest absolute Gasteiger partial charge is 0.224 e. The van der Waals surface area contributed by atoms with Crippen LogP contribution in [-0.2, 0) is 17.9 Å². The summed E-state index contributed by atoms with van der Waals surface area (Å²) >= 11 is 0. The Bertz CT molecular complexity index is 845. The topological polar surface area (TPSA) is 59.8 Å². The van der Waals surface area contributed by atoms with E-state index in [-0.39, 0.29) is 11.8 Å². The first kappa shape index (κ1) is 15.6. The molecule has 0 bridgehead atoms. The summed E-state index contributed by atoms with van der Waals surface area (Å²) in [6.07, 6.45) is 4.18. The van der Waals surface area contributed by atoms with Crippen LogP contribution in [-0.4, -0.2) is 20.7 Å². The molecule has 1 N–H and O–H groups in total. The number of nitrogens with one attached hydrogen (secondary N) is 1. The molecule has 1 saturated carbocycles. The number of carbonyl (C=O) groups excluding carboxylic acids is 1. The highest BCUT2D eigenvalue weighted by Gasteiger charge is 2.43. The van der Waals surface area contributed by atoms with Gasteiger partial charge >= 0.3 is 0 Å². The van der Waals surface area contributed by atoms with Crippen LogP contribution in [0.3, 0.4) is 0 Å². The van der Waals surface area contributed by atoms with Crippen molar-refractivity contribution in [3.63, 3.8) is 0 Å². The van der Waals surface area contributed by atoms with Crippen LogP contribution in [0.1, 0.15) is 29.0 Å². The lowest BCUT2D eigenvalue weighted by atomic mass is 10.1. The van der Waals surface area contributed by atoms with Crippen molar-refractivity contribution in [2.45, 2.75) is 25.4 Å². The summed E-state index contributed by atoms with van der Waals surface area (Å²) in [4.78, 5) is 16.3. The molecule has 0 saturated heterocycles. The fourth-order valence-electron chi connectivity index (χ4n) is 3.21. The second-order valence-electron chi connectivity index (χ2n) is 6.49. The standard InChI is InChI=1S/C20H20N4O/c25-20(19-10-18(19)17-7-2-1-3-8-17)22-11-15-5-4-6-16(9-15)12-24-14-21-13-23-24/h1-9,13-14,18-19H,10-12H2,(H,22,25). The highest BCUT2D eigenvalue weighted by atomic mass is 16.2. The van der Waals surface area contributed by atoms with Crippen molar-refractivity contribution in [1.82, 2.24) is 20.1 Å². The lowest BCUT2D eigenvalue weighted by molar-refractivity contribution is -0.122. The quantitative estimate of drug-likeness (QED) is 0.755. The van der Waals surface area contributed by atoms with E-state index in [2.05, 4.69) is 39.7 Å². The first-order valence-electron chi connectivity index (χ1n) is 8.52. The molecule has 1 heterocycles. The SMILES string of the molecule is O=C(NCc1cccc(Cn2cncn2)c1)C1CC1c1ccccc1. The molecule has 4 rings (SSSR count). The molecule has 25 heavy (non-hydrogen) atoms. The van der Waals surface area contributed by atoms with Gasteiger partial charge in [0.15, 0.2) is 0 Å². The average molecular weight is 332 g/mol. The van der Waals surface area contributed by atoms with Gasteiger partial charge < -0.3 is 5.32 Å². The van der Waals surface area contributed by atoms with E-state index in [1.165, 1.54) is 11.9 Å². The molecule has 0 radical (unpaired) electrons. The molecule has 0 aliphatic heterocycles. The molecule has 3 aromatic rings. The molecular weight excluding hydrogens is 312 g/mol. The third kappa shape index (κ3) is 3.76. The number of rotatable bonds is 6. The Morgan fingerprint density at radius 1 is 1.12 bits per heavy atom. The molecule has 1 aliphatic rings. The van der Waals surface area contributed by atoms with E-state index in [0.717, 1.165) is 17.5 Å². The molecule has 1 fully saturated rings. The summed E-state index contributed by atoms with van der Waals surface area (Å²) in [6, 6.07) is 18.5. The van der Waals surface area contributed by atoms with E-state index in [0.29, 0.717) is 19.0 Å². The Morgan fingerprint density at radius 2 is 1.96 bits per heavy atom. The van der Waals surface area contributed by atoms with Gasteiger partial charge in [-0.1, -0.05) is 54.6 Å². The van der Waals surface area contributed by atoms with Crippen LogP contribution in [0.5, 0.6) is 0 Å². The van der Waals surface area contributed by atoms with Crippen molar-refractivity contribution in [2.75, 3.05) is 0 Å². The van der Waals surface area contributed by atoms with E-state index in [1.54, 1.807) is 11.0 Å². The lowest BCUT2D eigenvalue weighted by Crippen LogP contribution is -2.24. The zero-order valence-corrected chi connectivity index (χ0v) is 13.9. The van der Waals surface area contributed by atoms with Gasteiger partial charge in [0.2, 0.25) is 5.91 Å². The lowest BCUT2D eigenvalue weighted by Gasteiger charge is -2.08. The summed E-state index contributed by atoms with van der Waals surface area (Å²) in [7, 11) is 0. The number of amides is 1. The summed E-state index contributed by atoms with van der Waals surface area (Å²) in [5.74, 6) is 0.635. The van der Waals surface area contributed by atoms with Crippen molar-refractivity contribution in [3.05, 3.63) is 83.9 Å². The van der Waals surface area contributed by atoms with Crippen molar-refractivity contribution >= 4 is 5.91 Å². The van der Waals surface area contributed by atoms with Crippen molar-refractivity contribution in [3.8, 4) is 0 Å². The number of hydrogen-bond donors (Lipinski definition) is 1. The third-order valence-corrected chi connectivity index (χ3v) is 4.62. The van der Waals surface area contributed by atoms with Gasteiger partial charge in [0, 0.05) is 12.5 Å². The minimum atomic E-state index is 0.112. The Hall–Kier alpha value is -2.95. The van der Waals surface area contributed by atoms with Crippen LogP contribution >= 0.6 is 0 Å². The van der Waals surface area contributed by atoms with Gasteiger partial charge in [-0.15, -0.1) is 0 Å². The van der Waals surface area contributed by atoms with E-state index in [4.69, 9.17) is 0 Å². The first-order chi connectivity index (χ1) is 12.3. The van der Waals surface area contributed by atoms with Gasteiger partial charge in [-0.3, -0.25) is 4.79 Å². The number of hydrogen-bond acceptors (Lipinski definition) is 3. The van der Waals surface area contributed by atoms with Crippen LogP contribution in [0.15, 0.2) is 67.3 Å². The molecule has 1 aromatic heterocycles. The van der Waals surface area contributed by atoms with Crippen molar-refractivity contribution in [1.29, 1.82) is 0 Å². The largest absolute Gasteiger partial charge is 0.352 e. The van der Waals surface area contributed by atoms with Crippen molar-refractivity contribution in [2.24, 2.45) is 5.92 Å². The summed E-state index contributed by atoms with van der Waals surface area (Å²) in [5.41, 5.74) is 3.51. The second-order valence-corrected chi connectivity index (χ2v) is 6.49. The van der Waals surface area contributed by atoms with E-state index < -0.39 is 0 Å². The molecule has 5 heteroatoms. The number of nitrogens with zero attached hydrogens (tertiary/aromatic N) is 3. The molecule has 0 spiro atoms. The van der Waals surface area contributed by atoms with E-state index in [9.17, 15) is 4.79 Å². The van der Waals surface area contributed by atoms with Crippen LogP contribution in [0, 0.1) is 5.92 Å². The van der Waals surface area contributed by atoms with Crippen LogP contribution < -0.4 is 5.32 Å². The average Bonchev–Trinajstić information content (AvgIpc) is 3.30. The van der Waals surface area contributed by atoms with Gasteiger partial charge in [0.25, 0.3) is 0 Å². The minimum absolute atomic E-state index is 0.112. The normalized spacial score (nSPS) is 18.7. The monoisotopic (exact) mass is 332 g/mol. The van der Waals surface area contributed by atoms with Crippen LogP contribution in [0.25, 0.3) is 0 Å². The Morgan fingerprint density at radius 3 is 2.76 bits per heavy atom. The van der Waals surface area contributed by atoms with Crippen LogP contribution in [0.2, 0.25) is 0 Å². The predicted octanol–water partition coefficient (Wildman–Crippen LogP) is 2.75. The molecule has 2 unspecified atom stereocenters. The fraction of sp³-hybridized carbons (Fsp3) is 0.250. The Kier molecular flexibility index (Phi) is 4.29. The van der Waals surface area contributed by atoms with Crippen molar-refractivity contribution < 1.29 is 4.79 Å². The summed E-state index contributed by atoms with van der Waals surface area (Å²) in [5, 5.41) is 7.19. The highest BCUT2D eigenvalue weighted by Crippen LogP contribution is 2.47. The van der Waals surface area contributed by atoms with Gasteiger partial charge in [-0.05, 0) is 29.0 Å². The minimum Gasteiger partial charge on any atom is -0.352 e. The van der Waals surface area contributed by atoms with Gasteiger partial charge in [0.05, 0.1) is 6.54 Å². The number of benzene rings is 2. The molecule has 1 aliphatic carbocycles. The molecule has 2 atom stereocenters. The maximum Gasteiger partial charge on any atom is 0.224 e. The van der Waals surface area contributed by atoms with E-state index >= 15 is 0 Å². The fourth-order valence-corrected chi connectivity index (χ4v) is 3.21. The van der Waals surface area contributed by atoms with Gasteiger partial charge in [-0.25, -0.2) is 9.67 Å². The molecule has 126 valence electrons. The number of carbonyl (C=O) groups is 1. The highest BCUT2D eigenvalue weighted by molar-refractivity contribution is 5.82. The summed E-state index contributed by atoms with van der Waals surface area (Å²) < 4.78 is 1.78. The zero-order valence-electron chi connectivity index (χ0n) is 13.9. The Balaban J connectivity index is 1.32. The molecule has 5 nitrogen and oxygen atoms in total. The Labute approximate surface area is 146 Å². The molecule has 2 aromatic carbocycles. The molecular formula is C20H20N4O. The number of aromatic nitrogens is 3. The predicted molar refractivity (Wildman–Crippen MR) is 94.7 cm³/mol.